The van der Waals surface area contributed by atoms with E-state index in [4.69, 9.17) is 10.00 Å². The van der Waals surface area contributed by atoms with Crippen molar-refractivity contribution in [1.29, 1.82) is 5.26 Å². The molecule has 138 valence electrons. The van der Waals surface area contributed by atoms with Crippen LogP contribution in [0.3, 0.4) is 0 Å². The van der Waals surface area contributed by atoms with E-state index in [2.05, 4.69) is 16.3 Å². The average molecular weight is 353 g/mol. The van der Waals surface area contributed by atoms with Gasteiger partial charge in [-0.05, 0) is 56.2 Å². The van der Waals surface area contributed by atoms with Crippen LogP contribution in [0.5, 0.6) is 0 Å². The Balaban J connectivity index is 1.28. The summed E-state index contributed by atoms with van der Waals surface area (Å²) in [6.07, 6.45) is 6.07. The van der Waals surface area contributed by atoms with Crippen LogP contribution in [0.1, 0.15) is 49.7 Å². The first kappa shape index (κ1) is 17.5. The number of rotatable bonds is 4. The number of nitriles is 1. The zero-order valence-corrected chi connectivity index (χ0v) is 15.2. The van der Waals surface area contributed by atoms with Crippen LogP contribution in [0.25, 0.3) is 0 Å². The standard InChI is InChI=1S/C21H27N3O2/c22-14-16-1-3-17(4-2-16)15-24-10-8-21(9-11-24)13-19(7-12-26-21)23-20(25)18-5-6-18/h1-4,18-19H,5-13,15H2,(H,23,25)/t19-/m1/s1. The van der Waals surface area contributed by atoms with E-state index in [1.165, 1.54) is 5.56 Å². The Morgan fingerprint density at radius 1 is 1.23 bits per heavy atom. The summed E-state index contributed by atoms with van der Waals surface area (Å²) in [5.74, 6) is 0.536. The van der Waals surface area contributed by atoms with E-state index >= 15 is 0 Å². The summed E-state index contributed by atoms with van der Waals surface area (Å²) in [5, 5.41) is 12.2. The predicted molar refractivity (Wildman–Crippen MR) is 98.2 cm³/mol. The number of hydrogen-bond acceptors (Lipinski definition) is 4. The van der Waals surface area contributed by atoms with Gasteiger partial charge in [-0.25, -0.2) is 0 Å². The molecule has 26 heavy (non-hydrogen) atoms. The number of likely N-dealkylation sites (tertiary alicyclic amines) is 1. The molecule has 4 rings (SSSR count). The van der Waals surface area contributed by atoms with E-state index in [0.29, 0.717) is 5.56 Å². The van der Waals surface area contributed by atoms with Gasteiger partial charge >= 0.3 is 0 Å². The highest BCUT2D eigenvalue weighted by Crippen LogP contribution is 2.36. The average Bonchev–Trinajstić information content (AvgIpc) is 3.50. The van der Waals surface area contributed by atoms with Crippen LogP contribution in [0.2, 0.25) is 0 Å². The molecule has 2 saturated heterocycles. The molecule has 3 fully saturated rings. The van der Waals surface area contributed by atoms with E-state index in [1.807, 2.05) is 24.3 Å². The van der Waals surface area contributed by atoms with Crippen molar-refractivity contribution in [2.75, 3.05) is 19.7 Å². The molecule has 1 amide bonds. The zero-order chi connectivity index (χ0) is 18.0. The van der Waals surface area contributed by atoms with Gasteiger partial charge in [-0.15, -0.1) is 0 Å². The lowest BCUT2D eigenvalue weighted by molar-refractivity contribution is -0.132. The Morgan fingerprint density at radius 2 is 1.96 bits per heavy atom. The number of piperidine rings is 1. The van der Waals surface area contributed by atoms with Crippen molar-refractivity contribution in [3.8, 4) is 6.07 Å². The van der Waals surface area contributed by atoms with Crippen molar-refractivity contribution in [3.05, 3.63) is 35.4 Å². The quantitative estimate of drug-likeness (QED) is 0.904. The minimum Gasteiger partial charge on any atom is -0.375 e. The maximum atomic E-state index is 12.1. The monoisotopic (exact) mass is 353 g/mol. The van der Waals surface area contributed by atoms with E-state index < -0.39 is 0 Å². The summed E-state index contributed by atoms with van der Waals surface area (Å²) in [6, 6.07) is 10.3. The second-order valence-electron chi connectivity index (χ2n) is 8.09. The van der Waals surface area contributed by atoms with E-state index in [0.717, 1.165) is 64.8 Å². The highest BCUT2D eigenvalue weighted by Gasteiger charge is 2.41. The minimum atomic E-state index is -0.0546. The third-order valence-electron chi connectivity index (χ3n) is 6.04. The molecule has 2 aliphatic heterocycles. The Bertz CT molecular complexity index is 682. The van der Waals surface area contributed by atoms with Crippen LogP contribution >= 0.6 is 0 Å². The van der Waals surface area contributed by atoms with Gasteiger partial charge in [0.2, 0.25) is 5.91 Å². The van der Waals surface area contributed by atoms with Gasteiger partial charge in [0.15, 0.2) is 0 Å². The molecule has 1 aromatic carbocycles. The highest BCUT2D eigenvalue weighted by molar-refractivity contribution is 5.81. The lowest BCUT2D eigenvalue weighted by Gasteiger charge is -2.46. The van der Waals surface area contributed by atoms with Crippen LogP contribution in [0, 0.1) is 17.2 Å². The lowest BCUT2D eigenvalue weighted by atomic mass is 9.82. The van der Waals surface area contributed by atoms with Gasteiger partial charge < -0.3 is 10.1 Å². The summed E-state index contributed by atoms with van der Waals surface area (Å²) in [5.41, 5.74) is 1.90. The number of carbonyl (C=O) groups excluding carboxylic acids is 1. The molecule has 3 aliphatic rings. The lowest BCUT2D eigenvalue weighted by Crippen LogP contribution is -2.53. The minimum absolute atomic E-state index is 0.0546. The summed E-state index contributed by atoms with van der Waals surface area (Å²) >= 11 is 0. The van der Waals surface area contributed by atoms with Crippen molar-refractivity contribution in [2.24, 2.45) is 5.92 Å². The number of amides is 1. The molecule has 0 aromatic heterocycles. The molecule has 1 spiro atoms. The zero-order valence-electron chi connectivity index (χ0n) is 15.2. The molecule has 5 nitrogen and oxygen atoms in total. The Labute approximate surface area is 155 Å². The molecular formula is C21H27N3O2. The van der Waals surface area contributed by atoms with Gasteiger partial charge in [-0.2, -0.15) is 5.26 Å². The molecule has 0 radical (unpaired) electrons. The van der Waals surface area contributed by atoms with Crippen molar-refractivity contribution >= 4 is 5.91 Å². The number of benzene rings is 1. The molecule has 0 unspecified atom stereocenters. The number of nitrogens with zero attached hydrogens (tertiary/aromatic N) is 2. The smallest absolute Gasteiger partial charge is 0.223 e. The predicted octanol–water partition coefficient (Wildman–Crippen LogP) is 2.60. The van der Waals surface area contributed by atoms with Crippen LogP contribution in [0.15, 0.2) is 24.3 Å². The summed E-state index contributed by atoms with van der Waals surface area (Å²) in [6.45, 7) is 3.71. The van der Waals surface area contributed by atoms with Crippen molar-refractivity contribution in [1.82, 2.24) is 10.2 Å². The molecule has 2 heterocycles. The second-order valence-corrected chi connectivity index (χ2v) is 8.09. The maximum absolute atomic E-state index is 12.1. The number of ether oxygens (including phenoxy) is 1. The largest absolute Gasteiger partial charge is 0.375 e. The van der Waals surface area contributed by atoms with E-state index in [-0.39, 0.29) is 23.5 Å². The van der Waals surface area contributed by atoms with Crippen molar-refractivity contribution in [3.63, 3.8) is 0 Å². The topological polar surface area (TPSA) is 65.4 Å². The Kier molecular flexibility index (Phi) is 4.97. The van der Waals surface area contributed by atoms with Gasteiger partial charge in [0.25, 0.3) is 0 Å². The molecule has 1 aliphatic carbocycles. The maximum Gasteiger partial charge on any atom is 0.223 e. The first-order valence-electron chi connectivity index (χ1n) is 9.82. The second kappa shape index (κ2) is 7.38. The van der Waals surface area contributed by atoms with Crippen LogP contribution < -0.4 is 5.32 Å². The van der Waals surface area contributed by atoms with Gasteiger partial charge in [-0.3, -0.25) is 9.69 Å². The highest BCUT2D eigenvalue weighted by atomic mass is 16.5. The number of carbonyl (C=O) groups is 1. The van der Waals surface area contributed by atoms with Crippen LogP contribution in [-0.2, 0) is 16.1 Å². The normalized spacial score (nSPS) is 25.6. The Morgan fingerprint density at radius 3 is 2.62 bits per heavy atom. The van der Waals surface area contributed by atoms with E-state index in [1.54, 1.807) is 0 Å². The molecule has 0 bridgehead atoms. The van der Waals surface area contributed by atoms with Crippen LogP contribution in [-0.4, -0.2) is 42.1 Å². The van der Waals surface area contributed by atoms with E-state index in [9.17, 15) is 4.79 Å². The summed E-state index contributed by atoms with van der Waals surface area (Å²) in [7, 11) is 0. The summed E-state index contributed by atoms with van der Waals surface area (Å²) in [4.78, 5) is 14.5. The van der Waals surface area contributed by atoms with Gasteiger partial charge in [0.05, 0.1) is 17.2 Å². The molecule has 5 heteroatoms. The van der Waals surface area contributed by atoms with Crippen molar-refractivity contribution in [2.45, 2.75) is 56.7 Å². The first-order chi connectivity index (χ1) is 12.7. The molecular weight excluding hydrogens is 326 g/mol. The fourth-order valence-corrected chi connectivity index (χ4v) is 4.23. The van der Waals surface area contributed by atoms with Gasteiger partial charge in [0.1, 0.15) is 0 Å². The third-order valence-corrected chi connectivity index (χ3v) is 6.04. The summed E-state index contributed by atoms with van der Waals surface area (Å²) < 4.78 is 6.21. The fraction of sp³-hybridized carbons (Fsp3) is 0.619. The number of hydrogen-bond donors (Lipinski definition) is 1. The SMILES string of the molecule is N#Cc1ccc(CN2CCC3(CC2)C[C@H](NC(=O)C2CC2)CCO3)cc1. The van der Waals surface area contributed by atoms with Crippen LogP contribution in [0.4, 0.5) is 0 Å². The number of nitrogens with one attached hydrogen (secondary N) is 1. The van der Waals surface area contributed by atoms with Gasteiger partial charge in [0, 0.05) is 38.2 Å². The van der Waals surface area contributed by atoms with Crippen molar-refractivity contribution < 1.29 is 9.53 Å². The molecule has 1 N–H and O–H groups in total. The van der Waals surface area contributed by atoms with Gasteiger partial charge in [-0.1, -0.05) is 12.1 Å². The molecule has 1 aromatic rings. The molecule has 1 saturated carbocycles. The first-order valence-corrected chi connectivity index (χ1v) is 9.82. The molecule has 1 atom stereocenters. The Hall–Kier alpha value is -1.90. The fourth-order valence-electron chi connectivity index (χ4n) is 4.23. The third kappa shape index (κ3) is 4.08.